The molecule has 0 aliphatic carbocycles. The molecule has 138 valence electrons. The summed E-state index contributed by atoms with van der Waals surface area (Å²) < 4.78 is 0. The second kappa shape index (κ2) is 8.64. The zero-order chi connectivity index (χ0) is 19.3. The van der Waals surface area contributed by atoms with E-state index in [-0.39, 0.29) is 0 Å². The summed E-state index contributed by atoms with van der Waals surface area (Å²) in [6.07, 6.45) is 0. The summed E-state index contributed by atoms with van der Waals surface area (Å²) in [4.78, 5) is 2.57. The molecule has 2 heteroatoms. The number of aryl methyl sites for hydroxylation is 2. The maximum atomic E-state index is 2.34. The summed E-state index contributed by atoms with van der Waals surface area (Å²) >= 11 is 1.82. The number of hydrogen-bond acceptors (Lipinski definition) is 1. The molecule has 0 saturated carbocycles. The van der Waals surface area contributed by atoms with Crippen LogP contribution in [-0.2, 0) is 0 Å². The highest BCUT2D eigenvalue weighted by atomic mass is 32.2. The van der Waals surface area contributed by atoms with Crippen LogP contribution >= 0.6 is 11.8 Å². The lowest BCUT2D eigenvalue weighted by Crippen LogP contribution is -2.51. The van der Waals surface area contributed by atoms with Crippen molar-refractivity contribution in [3.05, 3.63) is 114 Å². The summed E-state index contributed by atoms with van der Waals surface area (Å²) in [6, 6.07) is 38.0. The van der Waals surface area contributed by atoms with Gasteiger partial charge in [0.05, 0.1) is 0 Å². The molecule has 0 fully saturated rings. The minimum Gasteiger partial charge on any atom is -0.0901 e. The Morgan fingerprint density at radius 2 is 0.857 bits per heavy atom. The molecule has 0 radical (unpaired) electrons. The lowest BCUT2D eigenvalue weighted by molar-refractivity contribution is 1.41. The average Bonchev–Trinajstić information content (AvgIpc) is 2.73. The smallest absolute Gasteiger partial charge is 0.0901 e. The van der Waals surface area contributed by atoms with E-state index in [0.29, 0.717) is 0 Å². The summed E-state index contributed by atoms with van der Waals surface area (Å²) in [7, 11) is -1.46. The quantitative estimate of drug-likeness (QED) is 0.348. The molecule has 0 spiro atoms. The summed E-state index contributed by atoms with van der Waals surface area (Å²) in [5.74, 6) is 0. The Kier molecular flexibility index (Phi) is 5.80. The van der Waals surface area contributed by atoms with Gasteiger partial charge in [0.25, 0.3) is 0 Å². The first-order valence-corrected chi connectivity index (χ1v) is 12.2. The molecule has 0 aliphatic rings. The Morgan fingerprint density at radius 1 is 0.464 bits per heavy atom. The minimum absolute atomic E-state index is 1.28. The van der Waals surface area contributed by atoms with Crippen LogP contribution in [0.3, 0.4) is 0 Å². The number of benzene rings is 4. The van der Waals surface area contributed by atoms with Gasteiger partial charge in [0.1, 0.15) is 8.80 Å². The molecule has 0 aromatic heterocycles. The number of hydrogen-bond donors (Lipinski definition) is 0. The van der Waals surface area contributed by atoms with E-state index in [4.69, 9.17) is 0 Å². The van der Waals surface area contributed by atoms with E-state index < -0.39 is 8.80 Å². The fourth-order valence-corrected chi connectivity index (χ4v) is 7.17. The summed E-state index contributed by atoms with van der Waals surface area (Å²) in [6.45, 7) is 4.31. The topological polar surface area (TPSA) is 0 Å². The van der Waals surface area contributed by atoms with Gasteiger partial charge in [0.15, 0.2) is 0 Å². The van der Waals surface area contributed by atoms with Crippen LogP contribution in [0.2, 0.25) is 0 Å². The Bertz CT molecular complexity index is 975. The van der Waals surface area contributed by atoms with Crippen LogP contribution in [0.1, 0.15) is 11.1 Å². The van der Waals surface area contributed by atoms with Gasteiger partial charge in [0, 0.05) is 9.79 Å². The molecule has 0 nitrogen and oxygen atoms in total. The van der Waals surface area contributed by atoms with Crippen molar-refractivity contribution < 1.29 is 0 Å². The van der Waals surface area contributed by atoms with Crippen LogP contribution < -0.4 is 15.6 Å². The second-order valence-corrected chi connectivity index (χ2v) is 11.3. The van der Waals surface area contributed by atoms with Gasteiger partial charge in [-0.1, -0.05) is 117 Å². The first-order valence-electron chi connectivity index (χ1n) is 9.65. The van der Waals surface area contributed by atoms with Crippen molar-refractivity contribution in [1.82, 2.24) is 0 Å². The van der Waals surface area contributed by atoms with Gasteiger partial charge in [-0.25, -0.2) is 0 Å². The third-order valence-electron chi connectivity index (χ3n) is 5.01. The Balaban J connectivity index is 1.68. The lowest BCUT2D eigenvalue weighted by atomic mass is 10.2. The van der Waals surface area contributed by atoms with Crippen LogP contribution in [0.15, 0.2) is 113 Å². The molecule has 28 heavy (non-hydrogen) atoms. The zero-order valence-corrected chi connectivity index (χ0v) is 18.3. The maximum absolute atomic E-state index is 2.34. The second-order valence-electron chi connectivity index (χ2n) is 7.24. The van der Waals surface area contributed by atoms with Gasteiger partial charge in [-0.15, -0.1) is 0 Å². The molecule has 0 amide bonds. The first-order chi connectivity index (χ1) is 13.7. The van der Waals surface area contributed by atoms with E-state index in [2.05, 4.69) is 117 Å². The highest BCUT2D eigenvalue weighted by Crippen LogP contribution is 2.26. The molecular formula is C26H24SSi. The molecule has 0 atom stereocenters. The third kappa shape index (κ3) is 4.46. The van der Waals surface area contributed by atoms with Crippen LogP contribution in [0, 0.1) is 13.8 Å². The van der Waals surface area contributed by atoms with E-state index in [1.165, 1.54) is 36.5 Å². The van der Waals surface area contributed by atoms with Crippen LogP contribution in [0.25, 0.3) is 0 Å². The zero-order valence-electron chi connectivity index (χ0n) is 16.3. The molecule has 0 saturated heterocycles. The van der Waals surface area contributed by atoms with E-state index >= 15 is 0 Å². The molecular weight excluding hydrogens is 372 g/mol. The van der Waals surface area contributed by atoms with Gasteiger partial charge in [-0.3, -0.25) is 0 Å². The fourth-order valence-electron chi connectivity index (χ4n) is 3.45. The summed E-state index contributed by atoms with van der Waals surface area (Å²) in [5.41, 5.74) is 2.63. The lowest BCUT2D eigenvalue weighted by Gasteiger charge is -2.18. The molecule has 0 bridgehead atoms. The SMILES string of the molecule is Cc1ccc([SiH](c2ccc(C)cc2)c2ccc(Sc3ccccc3)cc2)cc1. The Morgan fingerprint density at radius 3 is 1.32 bits per heavy atom. The van der Waals surface area contributed by atoms with Gasteiger partial charge in [-0.2, -0.15) is 0 Å². The van der Waals surface area contributed by atoms with Crippen LogP contribution in [0.5, 0.6) is 0 Å². The maximum Gasteiger partial charge on any atom is 0.132 e. The highest BCUT2D eigenvalue weighted by molar-refractivity contribution is 7.99. The molecule has 4 rings (SSSR count). The predicted molar refractivity (Wildman–Crippen MR) is 125 cm³/mol. The van der Waals surface area contributed by atoms with Gasteiger partial charge >= 0.3 is 0 Å². The van der Waals surface area contributed by atoms with E-state index in [9.17, 15) is 0 Å². The minimum atomic E-state index is -1.46. The number of rotatable bonds is 5. The van der Waals surface area contributed by atoms with Crippen molar-refractivity contribution in [2.24, 2.45) is 0 Å². The van der Waals surface area contributed by atoms with Crippen LogP contribution in [0.4, 0.5) is 0 Å². The molecule has 4 aromatic rings. The molecule has 0 heterocycles. The van der Waals surface area contributed by atoms with Crippen molar-refractivity contribution in [2.45, 2.75) is 23.6 Å². The highest BCUT2D eigenvalue weighted by Gasteiger charge is 2.18. The normalized spacial score (nSPS) is 11.0. The Labute approximate surface area is 173 Å². The van der Waals surface area contributed by atoms with Crippen LogP contribution in [-0.4, -0.2) is 8.80 Å². The third-order valence-corrected chi connectivity index (χ3v) is 9.18. The van der Waals surface area contributed by atoms with Crippen molar-refractivity contribution in [3.8, 4) is 0 Å². The molecule has 4 aromatic carbocycles. The fraction of sp³-hybridized carbons (Fsp3) is 0.0769. The monoisotopic (exact) mass is 396 g/mol. The van der Waals surface area contributed by atoms with Gasteiger partial charge in [0.2, 0.25) is 0 Å². The van der Waals surface area contributed by atoms with E-state index in [1.54, 1.807) is 0 Å². The van der Waals surface area contributed by atoms with E-state index in [0.717, 1.165) is 0 Å². The van der Waals surface area contributed by atoms with Crippen molar-refractivity contribution in [2.75, 3.05) is 0 Å². The van der Waals surface area contributed by atoms with Crippen molar-refractivity contribution in [1.29, 1.82) is 0 Å². The van der Waals surface area contributed by atoms with Gasteiger partial charge in [-0.05, 0) is 38.1 Å². The molecule has 0 aliphatic heterocycles. The largest absolute Gasteiger partial charge is 0.132 e. The van der Waals surface area contributed by atoms with E-state index in [1.807, 2.05) is 11.8 Å². The Hall–Kier alpha value is -2.55. The standard InChI is InChI=1S/C26H24SSi/c1-20-8-14-24(15-9-20)28(25-16-10-21(2)11-17-25)26-18-12-23(13-19-26)27-22-6-4-3-5-7-22/h3-19,28H,1-2H3. The molecule has 0 unspecified atom stereocenters. The first kappa shape index (κ1) is 18.8. The average molecular weight is 397 g/mol. The van der Waals surface area contributed by atoms with Gasteiger partial charge < -0.3 is 0 Å². The van der Waals surface area contributed by atoms with Crippen molar-refractivity contribution >= 4 is 36.1 Å². The molecule has 0 N–H and O–H groups in total. The summed E-state index contributed by atoms with van der Waals surface area (Å²) in [5, 5.41) is 4.40. The van der Waals surface area contributed by atoms with Crippen molar-refractivity contribution in [3.63, 3.8) is 0 Å². The predicted octanol–water partition coefficient (Wildman–Crippen LogP) is 4.70.